The molecule has 4 rings (SSSR count). The Bertz CT molecular complexity index is 902. The average Bonchev–Trinajstić information content (AvgIpc) is 2.63. The summed E-state index contributed by atoms with van der Waals surface area (Å²) in [5.41, 5.74) is 2.46. The van der Waals surface area contributed by atoms with Gasteiger partial charge in [0.2, 0.25) is 0 Å². The Morgan fingerprint density at radius 1 is 1.17 bits per heavy atom. The smallest absolute Gasteiger partial charge is 0.360 e. The van der Waals surface area contributed by atoms with Crippen LogP contribution in [0.4, 0.5) is 17.1 Å². The van der Waals surface area contributed by atoms with Crippen molar-refractivity contribution in [2.75, 3.05) is 36.4 Å². The second-order valence-electron chi connectivity index (χ2n) is 5.77. The van der Waals surface area contributed by atoms with Crippen LogP contribution in [0.15, 0.2) is 58.0 Å². The van der Waals surface area contributed by atoms with Crippen LogP contribution >= 0.6 is 0 Å². The predicted octanol–water partition coefficient (Wildman–Crippen LogP) is 2.34. The van der Waals surface area contributed by atoms with Crippen LogP contribution in [-0.2, 0) is 0 Å². The van der Waals surface area contributed by atoms with Gasteiger partial charge in [0.25, 0.3) is 0 Å². The summed E-state index contributed by atoms with van der Waals surface area (Å²) in [5.74, 6) is 0. The summed E-state index contributed by atoms with van der Waals surface area (Å²) in [5, 5.41) is 7.28. The van der Waals surface area contributed by atoms with E-state index in [1.807, 2.05) is 30.3 Å². The highest BCUT2D eigenvalue weighted by atomic mass is 16.4. The van der Waals surface area contributed by atoms with E-state index in [4.69, 9.17) is 4.42 Å². The molecule has 24 heavy (non-hydrogen) atoms. The van der Waals surface area contributed by atoms with Gasteiger partial charge in [0.1, 0.15) is 11.3 Å². The van der Waals surface area contributed by atoms with E-state index in [2.05, 4.69) is 26.6 Å². The SMILES string of the molecule is O=c1oc2cc(N3CCNCC3)ccc2cc1Nc1cccnc1. The number of nitrogens with zero attached hydrogens (tertiary/aromatic N) is 2. The molecule has 6 nitrogen and oxygen atoms in total. The third kappa shape index (κ3) is 2.96. The van der Waals surface area contributed by atoms with Gasteiger partial charge >= 0.3 is 5.63 Å². The normalized spacial score (nSPS) is 14.8. The fourth-order valence-electron chi connectivity index (χ4n) is 2.90. The van der Waals surface area contributed by atoms with Crippen molar-refractivity contribution in [3.05, 3.63) is 59.2 Å². The van der Waals surface area contributed by atoms with E-state index in [1.54, 1.807) is 12.4 Å². The van der Waals surface area contributed by atoms with Crippen molar-refractivity contribution < 1.29 is 4.42 Å². The largest absolute Gasteiger partial charge is 0.421 e. The first-order valence-electron chi connectivity index (χ1n) is 8.00. The van der Waals surface area contributed by atoms with Crippen LogP contribution < -0.4 is 21.2 Å². The molecule has 1 aliphatic heterocycles. The van der Waals surface area contributed by atoms with Crippen molar-refractivity contribution >= 4 is 28.0 Å². The molecule has 0 amide bonds. The van der Waals surface area contributed by atoms with E-state index in [9.17, 15) is 4.79 Å². The van der Waals surface area contributed by atoms with E-state index >= 15 is 0 Å². The third-order valence-corrected chi connectivity index (χ3v) is 4.14. The van der Waals surface area contributed by atoms with E-state index in [1.165, 1.54) is 0 Å². The molecule has 3 aromatic rings. The Hall–Kier alpha value is -2.86. The summed E-state index contributed by atoms with van der Waals surface area (Å²) in [6.07, 6.45) is 3.35. The zero-order valence-electron chi connectivity index (χ0n) is 13.2. The third-order valence-electron chi connectivity index (χ3n) is 4.14. The second kappa shape index (κ2) is 6.33. The Kier molecular flexibility index (Phi) is 3.88. The number of piperazine rings is 1. The standard InChI is InChI=1S/C18H18N4O2/c23-18-16(21-14-2-1-5-20-12-14)10-13-3-4-15(11-17(13)24-18)22-8-6-19-7-9-22/h1-5,10-12,19,21H,6-9H2. The number of hydrogen-bond donors (Lipinski definition) is 2. The molecule has 1 saturated heterocycles. The summed E-state index contributed by atoms with van der Waals surface area (Å²) in [6.45, 7) is 3.85. The van der Waals surface area contributed by atoms with E-state index in [-0.39, 0.29) is 5.63 Å². The summed E-state index contributed by atoms with van der Waals surface area (Å²) in [4.78, 5) is 18.6. The lowest BCUT2D eigenvalue weighted by atomic mass is 10.2. The van der Waals surface area contributed by atoms with E-state index in [0.29, 0.717) is 11.3 Å². The molecule has 0 aliphatic carbocycles. The Balaban J connectivity index is 1.67. The summed E-state index contributed by atoms with van der Waals surface area (Å²) >= 11 is 0. The van der Waals surface area contributed by atoms with Crippen molar-refractivity contribution in [1.82, 2.24) is 10.3 Å². The molecule has 3 heterocycles. The molecule has 6 heteroatoms. The number of aromatic nitrogens is 1. The number of fused-ring (bicyclic) bond motifs is 1. The molecule has 1 aromatic carbocycles. The van der Waals surface area contributed by atoms with E-state index < -0.39 is 0 Å². The fourth-order valence-corrected chi connectivity index (χ4v) is 2.90. The molecule has 0 bridgehead atoms. The minimum absolute atomic E-state index is 0.385. The highest BCUT2D eigenvalue weighted by molar-refractivity contribution is 5.83. The van der Waals surface area contributed by atoms with Crippen LogP contribution in [0, 0.1) is 0 Å². The molecular weight excluding hydrogens is 304 g/mol. The number of rotatable bonds is 3. The Morgan fingerprint density at radius 2 is 2.04 bits per heavy atom. The summed E-state index contributed by atoms with van der Waals surface area (Å²) in [6, 6.07) is 11.5. The van der Waals surface area contributed by atoms with Crippen LogP contribution in [0.3, 0.4) is 0 Å². The monoisotopic (exact) mass is 322 g/mol. The van der Waals surface area contributed by atoms with Gasteiger partial charge in [-0.2, -0.15) is 0 Å². The number of hydrogen-bond acceptors (Lipinski definition) is 6. The lowest BCUT2D eigenvalue weighted by Gasteiger charge is -2.29. The minimum Gasteiger partial charge on any atom is -0.421 e. The van der Waals surface area contributed by atoms with Crippen LogP contribution in [0.2, 0.25) is 0 Å². The molecule has 1 fully saturated rings. The quantitative estimate of drug-likeness (QED) is 0.721. The molecule has 2 N–H and O–H groups in total. The zero-order chi connectivity index (χ0) is 16.4. The number of anilines is 3. The number of benzene rings is 1. The molecule has 2 aromatic heterocycles. The van der Waals surface area contributed by atoms with Crippen LogP contribution in [0.1, 0.15) is 0 Å². The second-order valence-corrected chi connectivity index (χ2v) is 5.77. The average molecular weight is 322 g/mol. The maximum absolute atomic E-state index is 12.3. The maximum atomic E-state index is 12.3. The summed E-state index contributed by atoms with van der Waals surface area (Å²) in [7, 11) is 0. The van der Waals surface area contributed by atoms with Crippen LogP contribution in [-0.4, -0.2) is 31.2 Å². The van der Waals surface area contributed by atoms with Crippen molar-refractivity contribution in [1.29, 1.82) is 0 Å². The van der Waals surface area contributed by atoms with Gasteiger partial charge in [0.15, 0.2) is 0 Å². The van der Waals surface area contributed by atoms with Gasteiger partial charge in [0.05, 0.1) is 11.9 Å². The molecule has 122 valence electrons. The first-order valence-corrected chi connectivity index (χ1v) is 8.00. The zero-order valence-corrected chi connectivity index (χ0v) is 13.2. The molecule has 0 radical (unpaired) electrons. The van der Waals surface area contributed by atoms with Crippen molar-refractivity contribution in [2.45, 2.75) is 0 Å². The van der Waals surface area contributed by atoms with Gasteiger partial charge < -0.3 is 20.0 Å². The highest BCUT2D eigenvalue weighted by Crippen LogP contribution is 2.24. The van der Waals surface area contributed by atoms with Gasteiger partial charge in [-0.1, -0.05) is 0 Å². The van der Waals surface area contributed by atoms with Crippen molar-refractivity contribution in [3.63, 3.8) is 0 Å². The van der Waals surface area contributed by atoms with Crippen LogP contribution in [0.25, 0.3) is 11.0 Å². The van der Waals surface area contributed by atoms with Gasteiger partial charge in [-0.05, 0) is 30.3 Å². The van der Waals surface area contributed by atoms with Crippen LogP contribution in [0.5, 0.6) is 0 Å². The van der Waals surface area contributed by atoms with Crippen molar-refractivity contribution in [2.24, 2.45) is 0 Å². The lowest BCUT2D eigenvalue weighted by molar-refractivity contribution is 0.562. The fraction of sp³-hybridized carbons (Fsp3) is 0.222. The molecule has 0 unspecified atom stereocenters. The van der Waals surface area contributed by atoms with E-state index in [0.717, 1.165) is 42.9 Å². The lowest BCUT2D eigenvalue weighted by Crippen LogP contribution is -2.43. The van der Waals surface area contributed by atoms with Gasteiger partial charge in [-0.15, -0.1) is 0 Å². The molecule has 0 spiro atoms. The minimum atomic E-state index is -0.385. The maximum Gasteiger partial charge on any atom is 0.360 e. The van der Waals surface area contributed by atoms with Gasteiger partial charge in [-0.25, -0.2) is 4.79 Å². The predicted molar refractivity (Wildman–Crippen MR) is 95.1 cm³/mol. The number of pyridine rings is 1. The first kappa shape index (κ1) is 14.7. The first-order chi connectivity index (χ1) is 11.8. The Morgan fingerprint density at radius 3 is 2.83 bits per heavy atom. The topological polar surface area (TPSA) is 70.4 Å². The van der Waals surface area contributed by atoms with Gasteiger partial charge in [0, 0.05) is 49.5 Å². The Labute approximate surface area is 139 Å². The molecule has 0 saturated carbocycles. The number of nitrogens with one attached hydrogen (secondary N) is 2. The van der Waals surface area contributed by atoms with Gasteiger partial charge in [-0.3, -0.25) is 4.98 Å². The molecule has 1 aliphatic rings. The van der Waals surface area contributed by atoms with Crippen molar-refractivity contribution in [3.8, 4) is 0 Å². The molecule has 0 atom stereocenters. The molecular formula is C18H18N4O2. The highest BCUT2D eigenvalue weighted by Gasteiger charge is 2.12. The summed E-state index contributed by atoms with van der Waals surface area (Å²) < 4.78 is 5.52.